The molecule has 0 bridgehead atoms. The number of urea groups is 1. The van der Waals surface area contributed by atoms with Gasteiger partial charge in [-0.15, -0.1) is 0 Å². The SMILES string of the molecule is CCNC(=O)Nc1cn[nH]c1[C@@H]1CCCN(C(=O)c2cccc(C)c2)C1. The number of carbonyl (C=O) groups excluding carboxylic acids is 2. The molecule has 26 heavy (non-hydrogen) atoms. The Labute approximate surface area is 153 Å². The Morgan fingerprint density at radius 2 is 2.23 bits per heavy atom. The fourth-order valence-corrected chi connectivity index (χ4v) is 3.39. The van der Waals surface area contributed by atoms with Gasteiger partial charge in [0.05, 0.1) is 17.6 Å². The van der Waals surface area contributed by atoms with Crippen LogP contribution >= 0.6 is 0 Å². The molecule has 138 valence electrons. The highest BCUT2D eigenvalue weighted by Gasteiger charge is 2.28. The van der Waals surface area contributed by atoms with Crippen molar-refractivity contribution < 1.29 is 9.59 Å². The van der Waals surface area contributed by atoms with Gasteiger partial charge in [-0.3, -0.25) is 9.89 Å². The molecule has 3 amide bonds. The minimum Gasteiger partial charge on any atom is -0.338 e. The predicted molar refractivity (Wildman–Crippen MR) is 100 cm³/mol. The highest BCUT2D eigenvalue weighted by molar-refractivity contribution is 5.94. The van der Waals surface area contributed by atoms with Crippen molar-refractivity contribution in [2.45, 2.75) is 32.6 Å². The summed E-state index contributed by atoms with van der Waals surface area (Å²) in [6, 6.07) is 7.42. The number of nitrogens with zero attached hydrogens (tertiary/aromatic N) is 2. The molecule has 7 heteroatoms. The van der Waals surface area contributed by atoms with Gasteiger partial charge in [0, 0.05) is 31.1 Å². The van der Waals surface area contributed by atoms with E-state index >= 15 is 0 Å². The lowest BCUT2D eigenvalue weighted by Crippen LogP contribution is -2.39. The molecule has 3 N–H and O–H groups in total. The molecule has 1 saturated heterocycles. The molecular weight excluding hydrogens is 330 g/mol. The fraction of sp³-hybridized carbons (Fsp3) is 0.421. The number of H-pyrrole nitrogens is 1. The zero-order valence-electron chi connectivity index (χ0n) is 15.2. The second-order valence-corrected chi connectivity index (χ2v) is 6.64. The van der Waals surface area contributed by atoms with Crippen molar-refractivity contribution in [1.82, 2.24) is 20.4 Å². The minimum absolute atomic E-state index is 0.0520. The molecule has 2 aromatic rings. The van der Waals surface area contributed by atoms with Gasteiger partial charge in [-0.2, -0.15) is 5.10 Å². The molecule has 1 aliphatic heterocycles. The van der Waals surface area contributed by atoms with Crippen molar-refractivity contribution in [3.05, 3.63) is 47.3 Å². The van der Waals surface area contributed by atoms with Crippen LogP contribution in [0.5, 0.6) is 0 Å². The average molecular weight is 355 g/mol. The van der Waals surface area contributed by atoms with Crippen LogP contribution in [0.3, 0.4) is 0 Å². The average Bonchev–Trinajstić information content (AvgIpc) is 3.09. The number of anilines is 1. The number of aryl methyl sites for hydroxylation is 1. The second-order valence-electron chi connectivity index (χ2n) is 6.64. The second kappa shape index (κ2) is 8.03. The monoisotopic (exact) mass is 355 g/mol. The van der Waals surface area contributed by atoms with E-state index in [0.29, 0.717) is 18.8 Å². The van der Waals surface area contributed by atoms with Gasteiger partial charge in [-0.25, -0.2) is 4.79 Å². The number of hydrogen-bond acceptors (Lipinski definition) is 3. The Morgan fingerprint density at radius 1 is 1.38 bits per heavy atom. The van der Waals surface area contributed by atoms with E-state index < -0.39 is 0 Å². The van der Waals surface area contributed by atoms with Gasteiger partial charge in [-0.1, -0.05) is 17.7 Å². The molecule has 0 unspecified atom stereocenters. The third-order valence-electron chi connectivity index (χ3n) is 4.64. The third kappa shape index (κ3) is 4.04. The number of hydrogen-bond donors (Lipinski definition) is 3. The van der Waals surface area contributed by atoms with Crippen molar-refractivity contribution in [3.8, 4) is 0 Å². The summed E-state index contributed by atoms with van der Waals surface area (Å²) in [7, 11) is 0. The first-order valence-corrected chi connectivity index (χ1v) is 9.02. The molecule has 1 fully saturated rings. The maximum atomic E-state index is 12.8. The van der Waals surface area contributed by atoms with Crippen LogP contribution in [-0.2, 0) is 0 Å². The summed E-state index contributed by atoms with van der Waals surface area (Å²) in [6.07, 6.45) is 3.48. The van der Waals surface area contributed by atoms with Crippen molar-refractivity contribution in [2.75, 3.05) is 25.0 Å². The summed E-state index contributed by atoms with van der Waals surface area (Å²) in [5, 5.41) is 12.6. The van der Waals surface area contributed by atoms with E-state index in [1.807, 2.05) is 43.0 Å². The quantitative estimate of drug-likeness (QED) is 0.788. The Hall–Kier alpha value is -2.83. The van der Waals surface area contributed by atoms with E-state index in [9.17, 15) is 9.59 Å². The number of nitrogens with one attached hydrogen (secondary N) is 3. The van der Waals surface area contributed by atoms with Gasteiger partial charge in [0.2, 0.25) is 0 Å². The van der Waals surface area contributed by atoms with Gasteiger partial charge in [0.15, 0.2) is 0 Å². The summed E-state index contributed by atoms with van der Waals surface area (Å²) in [4.78, 5) is 26.5. The maximum absolute atomic E-state index is 12.8. The lowest BCUT2D eigenvalue weighted by atomic mass is 9.93. The summed E-state index contributed by atoms with van der Waals surface area (Å²) in [5.41, 5.74) is 3.34. The van der Waals surface area contributed by atoms with Gasteiger partial charge >= 0.3 is 6.03 Å². The van der Waals surface area contributed by atoms with E-state index in [-0.39, 0.29) is 17.9 Å². The zero-order valence-corrected chi connectivity index (χ0v) is 15.2. The topological polar surface area (TPSA) is 90.1 Å². The summed E-state index contributed by atoms with van der Waals surface area (Å²) in [6.45, 7) is 5.77. The van der Waals surface area contributed by atoms with E-state index in [1.54, 1.807) is 6.20 Å². The Bertz CT molecular complexity index is 786. The lowest BCUT2D eigenvalue weighted by molar-refractivity contribution is 0.0706. The number of piperidine rings is 1. The summed E-state index contributed by atoms with van der Waals surface area (Å²) in [5.74, 6) is 0.174. The molecule has 1 aliphatic rings. The standard InChI is InChI=1S/C19H25N5O2/c1-3-20-19(26)22-16-11-21-23-17(16)15-8-5-9-24(12-15)18(25)14-7-4-6-13(2)10-14/h4,6-7,10-11,15H,3,5,8-9,12H2,1-2H3,(H,21,23)(H2,20,22,26)/t15-/m1/s1. The molecule has 0 spiro atoms. The number of aromatic amines is 1. The van der Waals surface area contributed by atoms with Crippen LogP contribution in [-0.4, -0.2) is 46.7 Å². The van der Waals surface area contributed by atoms with Crippen LogP contribution in [0.1, 0.15) is 47.3 Å². The summed E-state index contributed by atoms with van der Waals surface area (Å²) >= 11 is 0. The molecule has 0 radical (unpaired) electrons. The maximum Gasteiger partial charge on any atom is 0.319 e. The van der Waals surface area contributed by atoms with Crippen LogP contribution < -0.4 is 10.6 Å². The number of carbonyl (C=O) groups is 2. The first-order chi connectivity index (χ1) is 12.6. The van der Waals surface area contributed by atoms with Crippen molar-refractivity contribution in [2.24, 2.45) is 0 Å². The number of amides is 3. The minimum atomic E-state index is -0.251. The Morgan fingerprint density at radius 3 is 3.00 bits per heavy atom. The predicted octanol–water partition coefficient (Wildman–Crippen LogP) is 2.88. The molecule has 1 aromatic heterocycles. The molecule has 0 saturated carbocycles. The van der Waals surface area contributed by atoms with E-state index in [1.165, 1.54) is 0 Å². The van der Waals surface area contributed by atoms with Crippen LogP contribution in [0.15, 0.2) is 30.5 Å². The van der Waals surface area contributed by atoms with Crippen molar-refractivity contribution in [1.29, 1.82) is 0 Å². The van der Waals surface area contributed by atoms with Crippen LogP contribution in [0.4, 0.5) is 10.5 Å². The van der Waals surface area contributed by atoms with Gasteiger partial charge in [0.1, 0.15) is 0 Å². The molecule has 7 nitrogen and oxygen atoms in total. The van der Waals surface area contributed by atoms with Crippen LogP contribution in [0, 0.1) is 6.92 Å². The van der Waals surface area contributed by atoms with Crippen LogP contribution in [0.2, 0.25) is 0 Å². The zero-order chi connectivity index (χ0) is 18.5. The number of benzene rings is 1. The smallest absolute Gasteiger partial charge is 0.319 e. The van der Waals surface area contributed by atoms with E-state index in [0.717, 1.165) is 36.2 Å². The molecule has 0 aliphatic carbocycles. The molecule has 3 rings (SSSR count). The van der Waals surface area contributed by atoms with E-state index in [2.05, 4.69) is 20.8 Å². The molecule has 1 aromatic carbocycles. The number of rotatable bonds is 4. The lowest BCUT2D eigenvalue weighted by Gasteiger charge is -2.32. The summed E-state index contributed by atoms with van der Waals surface area (Å²) < 4.78 is 0. The third-order valence-corrected chi connectivity index (χ3v) is 4.64. The van der Waals surface area contributed by atoms with Gasteiger partial charge in [0.25, 0.3) is 5.91 Å². The van der Waals surface area contributed by atoms with Crippen molar-refractivity contribution >= 4 is 17.6 Å². The van der Waals surface area contributed by atoms with Gasteiger partial charge < -0.3 is 15.5 Å². The van der Waals surface area contributed by atoms with Gasteiger partial charge in [-0.05, 0) is 38.8 Å². The van der Waals surface area contributed by atoms with Crippen LogP contribution in [0.25, 0.3) is 0 Å². The number of aromatic nitrogens is 2. The number of likely N-dealkylation sites (tertiary alicyclic amines) is 1. The fourth-order valence-electron chi connectivity index (χ4n) is 3.39. The molecular formula is C19H25N5O2. The van der Waals surface area contributed by atoms with E-state index in [4.69, 9.17) is 0 Å². The highest BCUT2D eigenvalue weighted by Crippen LogP contribution is 2.31. The Kier molecular flexibility index (Phi) is 5.55. The Balaban J connectivity index is 1.72. The molecule has 1 atom stereocenters. The first kappa shape index (κ1) is 18.0. The first-order valence-electron chi connectivity index (χ1n) is 9.02. The molecule has 2 heterocycles. The highest BCUT2D eigenvalue weighted by atomic mass is 16.2. The largest absolute Gasteiger partial charge is 0.338 e. The van der Waals surface area contributed by atoms with Crippen molar-refractivity contribution in [3.63, 3.8) is 0 Å². The normalized spacial score (nSPS) is 17.0.